The number of aromatic nitrogens is 3. The number of nitrogens with one attached hydrogen (secondary N) is 1. The van der Waals surface area contributed by atoms with Crippen LogP contribution in [0.5, 0.6) is 0 Å². The first-order valence-corrected chi connectivity index (χ1v) is 11.0. The summed E-state index contributed by atoms with van der Waals surface area (Å²) in [6.07, 6.45) is 8.90. The SMILES string of the molecule is COCCN1C[C@H](CNc2nncc(-c3ccc(C4CCCCC4)cc3)n2)CC1=O. The molecule has 1 aromatic carbocycles. The Labute approximate surface area is 178 Å². The zero-order valence-corrected chi connectivity index (χ0v) is 17.7. The van der Waals surface area contributed by atoms with Crippen LogP contribution in [0.15, 0.2) is 30.5 Å². The lowest BCUT2D eigenvalue weighted by Crippen LogP contribution is -2.29. The van der Waals surface area contributed by atoms with Gasteiger partial charge in [0.2, 0.25) is 11.9 Å². The summed E-state index contributed by atoms with van der Waals surface area (Å²) in [4.78, 5) is 18.6. The molecule has 7 heteroatoms. The molecule has 160 valence electrons. The van der Waals surface area contributed by atoms with E-state index in [-0.39, 0.29) is 11.8 Å². The molecule has 0 bridgehead atoms. The summed E-state index contributed by atoms with van der Waals surface area (Å²) < 4.78 is 5.08. The second kappa shape index (κ2) is 9.98. The molecular formula is C23H31N5O2. The van der Waals surface area contributed by atoms with Crippen molar-refractivity contribution < 1.29 is 9.53 Å². The normalized spacial score (nSPS) is 20.0. The van der Waals surface area contributed by atoms with Gasteiger partial charge in [0, 0.05) is 44.6 Å². The number of likely N-dealkylation sites (tertiary alicyclic amines) is 1. The first-order chi connectivity index (χ1) is 14.7. The van der Waals surface area contributed by atoms with E-state index in [9.17, 15) is 4.79 Å². The zero-order valence-electron chi connectivity index (χ0n) is 17.7. The van der Waals surface area contributed by atoms with E-state index >= 15 is 0 Å². The molecule has 1 saturated heterocycles. The average Bonchev–Trinajstić information content (AvgIpc) is 3.16. The van der Waals surface area contributed by atoms with Gasteiger partial charge in [-0.15, -0.1) is 5.10 Å². The highest BCUT2D eigenvalue weighted by Crippen LogP contribution is 2.33. The minimum Gasteiger partial charge on any atom is -0.383 e. The summed E-state index contributed by atoms with van der Waals surface area (Å²) >= 11 is 0. The third-order valence-corrected chi connectivity index (χ3v) is 6.25. The summed E-state index contributed by atoms with van der Waals surface area (Å²) in [5.74, 6) is 1.64. The van der Waals surface area contributed by atoms with Crippen molar-refractivity contribution in [1.29, 1.82) is 0 Å². The monoisotopic (exact) mass is 409 g/mol. The van der Waals surface area contributed by atoms with Gasteiger partial charge in [-0.2, -0.15) is 5.10 Å². The highest BCUT2D eigenvalue weighted by molar-refractivity contribution is 5.78. The maximum atomic E-state index is 12.1. The number of hydrogen-bond donors (Lipinski definition) is 1. The third-order valence-electron chi connectivity index (χ3n) is 6.25. The number of carbonyl (C=O) groups excluding carboxylic acids is 1. The molecule has 0 unspecified atom stereocenters. The van der Waals surface area contributed by atoms with Crippen LogP contribution in [0, 0.1) is 5.92 Å². The molecule has 2 fully saturated rings. The highest BCUT2D eigenvalue weighted by atomic mass is 16.5. The van der Waals surface area contributed by atoms with Crippen LogP contribution in [0.3, 0.4) is 0 Å². The van der Waals surface area contributed by atoms with E-state index in [0.29, 0.717) is 38.0 Å². The number of anilines is 1. The lowest BCUT2D eigenvalue weighted by Gasteiger charge is -2.22. The van der Waals surface area contributed by atoms with Gasteiger partial charge in [0.05, 0.1) is 18.5 Å². The topological polar surface area (TPSA) is 80.2 Å². The van der Waals surface area contributed by atoms with Gasteiger partial charge >= 0.3 is 0 Å². The molecule has 7 nitrogen and oxygen atoms in total. The predicted molar refractivity (Wildman–Crippen MR) is 116 cm³/mol. The van der Waals surface area contributed by atoms with E-state index in [1.807, 2.05) is 4.90 Å². The largest absolute Gasteiger partial charge is 0.383 e. The lowest BCUT2D eigenvalue weighted by molar-refractivity contribution is -0.128. The van der Waals surface area contributed by atoms with E-state index < -0.39 is 0 Å². The van der Waals surface area contributed by atoms with Crippen LogP contribution >= 0.6 is 0 Å². The Morgan fingerprint density at radius 1 is 1.17 bits per heavy atom. The molecule has 1 atom stereocenters. The van der Waals surface area contributed by atoms with Crippen molar-refractivity contribution in [3.05, 3.63) is 36.0 Å². The highest BCUT2D eigenvalue weighted by Gasteiger charge is 2.29. The maximum absolute atomic E-state index is 12.1. The third kappa shape index (κ3) is 5.14. The molecule has 1 aromatic heterocycles. The fourth-order valence-corrected chi connectivity index (χ4v) is 4.52. The summed E-state index contributed by atoms with van der Waals surface area (Å²) in [7, 11) is 1.65. The predicted octanol–water partition coefficient (Wildman–Crippen LogP) is 3.49. The number of hydrogen-bond acceptors (Lipinski definition) is 6. The van der Waals surface area contributed by atoms with E-state index in [4.69, 9.17) is 4.74 Å². The van der Waals surface area contributed by atoms with Crippen molar-refractivity contribution in [3.63, 3.8) is 0 Å². The molecule has 1 saturated carbocycles. The molecule has 1 aliphatic heterocycles. The maximum Gasteiger partial charge on any atom is 0.243 e. The smallest absolute Gasteiger partial charge is 0.243 e. The fourth-order valence-electron chi connectivity index (χ4n) is 4.52. The van der Waals surface area contributed by atoms with Crippen LogP contribution in [-0.2, 0) is 9.53 Å². The Balaban J connectivity index is 1.34. The standard InChI is InChI=1S/C23H31N5O2/c1-30-12-11-28-16-17(13-22(28)29)14-24-23-26-21(15-25-27-23)20-9-7-19(8-10-20)18-5-3-2-4-6-18/h7-10,15,17-18H,2-6,11-14,16H2,1H3,(H,24,26,27)/t17-/m0/s1. The van der Waals surface area contributed by atoms with Crippen LogP contribution < -0.4 is 5.32 Å². The summed E-state index contributed by atoms with van der Waals surface area (Å²) in [6, 6.07) is 8.75. The van der Waals surface area contributed by atoms with Crippen LogP contribution in [0.1, 0.15) is 50.0 Å². The summed E-state index contributed by atoms with van der Waals surface area (Å²) in [5, 5.41) is 11.5. The van der Waals surface area contributed by atoms with Crippen LogP contribution in [-0.4, -0.2) is 59.3 Å². The Morgan fingerprint density at radius 3 is 2.73 bits per heavy atom. The number of rotatable bonds is 8. The van der Waals surface area contributed by atoms with Gasteiger partial charge < -0.3 is 15.0 Å². The van der Waals surface area contributed by atoms with Crippen molar-refractivity contribution in [2.24, 2.45) is 5.92 Å². The number of amides is 1. The number of ether oxygens (including phenoxy) is 1. The fraction of sp³-hybridized carbons (Fsp3) is 0.565. The number of nitrogens with zero attached hydrogens (tertiary/aromatic N) is 4. The molecule has 2 aliphatic rings. The molecule has 2 aromatic rings. The molecule has 1 amide bonds. The Kier molecular flexibility index (Phi) is 6.89. The van der Waals surface area contributed by atoms with E-state index in [0.717, 1.165) is 17.8 Å². The molecule has 1 N–H and O–H groups in total. The average molecular weight is 410 g/mol. The molecule has 0 spiro atoms. The lowest BCUT2D eigenvalue weighted by atomic mass is 9.84. The Bertz CT molecular complexity index is 836. The van der Waals surface area contributed by atoms with Gasteiger partial charge in [0.25, 0.3) is 0 Å². The molecule has 30 heavy (non-hydrogen) atoms. The first kappa shape index (κ1) is 20.7. The summed E-state index contributed by atoms with van der Waals surface area (Å²) in [6.45, 7) is 2.61. The minimum absolute atomic E-state index is 0.185. The van der Waals surface area contributed by atoms with E-state index in [1.54, 1.807) is 13.3 Å². The van der Waals surface area contributed by atoms with Crippen molar-refractivity contribution in [3.8, 4) is 11.3 Å². The van der Waals surface area contributed by atoms with Crippen LogP contribution in [0.25, 0.3) is 11.3 Å². The van der Waals surface area contributed by atoms with Gasteiger partial charge in [-0.3, -0.25) is 4.79 Å². The van der Waals surface area contributed by atoms with Gasteiger partial charge in [-0.25, -0.2) is 4.98 Å². The Morgan fingerprint density at radius 2 is 1.97 bits per heavy atom. The first-order valence-electron chi connectivity index (χ1n) is 11.0. The molecule has 0 radical (unpaired) electrons. The Hall–Kier alpha value is -2.54. The van der Waals surface area contributed by atoms with Gasteiger partial charge in [0.1, 0.15) is 0 Å². The van der Waals surface area contributed by atoms with E-state index in [1.165, 1.54) is 37.7 Å². The second-order valence-electron chi connectivity index (χ2n) is 8.41. The van der Waals surface area contributed by atoms with Gasteiger partial charge in [0.15, 0.2) is 0 Å². The van der Waals surface area contributed by atoms with E-state index in [2.05, 4.69) is 44.8 Å². The van der Waals surface area contributed by atoms with Gasteiger partial charge in [-0.1, -0.05) is 43.5 Å². The summed E-state index contributed by atoms with van der Waals surface area (Å²) in [5.41, 5.74) is 3.30. The molecular weight excluding hydrogens is 378 g/mol. The van der Waals surface area contributed by atoms with Crippen LogP contribution in [0.2, 0.25) is 0 Å². The minimum atomic E-state index is 0.185. The van der Waals surface area contributed by atoms with Crippen molar-refractivity contribution in [2.75, 3.05) is 38.7 Å². The van der Waals surface area contributed by atoms with Crippen molar-refractivity contribution in [1.82, 2.24) is 20.1 Å². The number of benzene rings is 1. The van der Waals surface area contributed by atoms with Crippen LogP contribution in [0.4, 0.5) is 5.95 Å². The molecule has 2 heterocycles. The zero-order chi connectivity index (χ0) is 20.8. The number of carbonyl (C=O) groups is 1. The number of methoxy groups -OCH3 is 1. The molecule has 1 aliphatic carbocycles. The second-order valence-corrected chi connectivity index (χ2v) is 8.41. The molecule has 4 rings (SSSR count). The van der Waals surface area contributed by atoms with Crippen molar-refractivity contribution >= 4 is 11.9 Å². The van der Waals surface area contributed by atoms with Crippen molar-refractivity contribution in [2.45, 2.75) is 44.4 Å². The quantitative estimate of drug-likeness (QED) is 0.719. The van der Waals surface area contributed by atoms with Gasteiger partial charge in [-0.05, 0) is 24.3 Å².